The minimum atomic E-state index is -0.472. The van der Waals surface area contributed by atoms with Crippen molar-refractivity contribution in [3.05, 3.63) is 59.9 Å². The molecule has 0 spiro atoms. The summed E-state index contributed by atoms with van der Waals surface area (Å²) in [5.41, 5.74) is 7.58. The average Bonchev–Trinajstić information content (AvgIpc) is 3.04. The molecule has 1 saturated heterocycles. The van der Waals surface area contributed by atoms with Gasteiger partial charge in [-0.05, 0) is 55.5 Å². The maximum atomic E-state index is 12.9. The standard InChI is InChI=1S/C19H19FN4O2S/c1-12-2-8-16(9-3-12)24-11-13(10-17(24)25)18(26)22-23-19(27)21-15-6-4-14(20)5-7-15/h2-9,13H,10-11H2,1H3,(H,22,26)(H2,21,23,27)/t13-/m1/s1. The number of anilines is 2. The summed E-state index contributed by atoms with van der Waals surface area (Å²) in [6.07, 6.45) is 0.138. The molecule has 0 aromatic heterocycles. The molecule has 1 aliphatic rings. The van der Waals surface area contributed by atoms with Crippen molar-refractivity contribution < 1.29 is 14.0 Å². The molecule has 1 aliphatic heterocycles. The first-order valence-corrected chi connectivity index (χ1v) is 8.82. The normalized spacial score (nSPS) is 16.1. The molecule has 0 aliphatic carbocycles. The van der Waals surface area contributed by atoms with Crippen molar-refractivity contribution in [3.8, 4) is 0 Å². The second-order valence-corrected chi connectivity index (χ2v) is 6.72. The number of hydrazine groups is 1. The lowest BCUT2D eigenvalue weighted by Crippen LogP contribution is -2.46. The molecule has 1 heterocycles. The smallest absolute Gasteiger partial charge is 0.243 e. The Morgan fingerprint density at radius 1 is 1.11 bits per heavy atom. The molecule has 2 amide bonds. The van der Waals surface area contributed by atoms with Crippen molar-refractivity contribution >= 4 is 40.5 Å². The van der Waals surface area contributed by atoms with E-state index in [-0.39, 0.29) is 29.2 Å². The summed E-state index contributed by atoms with van der Waals surface area (Å²) in [6, 6.07) is 13.2. The third kappa shape index (κ3) is 4.79. The van der Waals surface area contributed by atoms with E-state index >= 15 is 0 Å². The molecule has 3 N–H and O–H groups in total. The number of carbonyl (C=O) groups is 2. The predicted octanol–water partition coefficient (Wildman–Crippen LogP) is 2.50. The summed E-state index contributed by atoms with van der Waals surface area (Å²) in [5.74, 6) is -1.23. The number of nitrogens with zero attached hydrogens (tertiary/aromatic N) is 1. The van der Waals surface area contributed by atoms with E-state index in [0.717, 1.165) is 11.3 Å². The number of nitrogens with one attached hydrogen (secondary N) is 3. The Morgan fingerprint density at radius 2 is 1.78 bits per heavy atom. The quantitative estimate of drug-likeness (QED) is 0.558. The van der Waals surface area contributed by atoms with Gasteiger partial charge in [-0.25, -0.2) is 4.39 Å². The molecule has 2 aromatic rings. The number of thiocarbonyl (C=S) groups is 1. The van der Waals surface area contributed by atoms with Gasteiger partial charge in [-0.15, -0.1) is 0 Å². The van der Waals surface area contributed by atoms with Crippen LogP contribution in [0.5, 0.6) is 0 Å². The Labute approximate surface area is 161 Å². The first-order chi connectivity index (χ1) is 12.9. The summed E-state index contributed by atoms with van der Waals surface area (Å²) in [6.45, 7) is 2.29. The van der Waals surface area contributed by atoms with E-state index in [1.54, 1.807) is 4.90 Å². The Balaban J connectivity index is 1.51. The van der Waals surface area contributed by atoms with E-state index in [4.69, 9.17) is 12.2 Å². The molecule has 0 radical (unpaired) electrons. The Hall–Kier alpha value is -3.00. The predicted molar refractivity (Wildman–Crippen MR) is 106 cm³/mol. The van der Waals surface area contributed by atoms with Gasteiger partial charge >= 0.3 is 0 Å². The Bertz CT molecular complexity index is 855. The van der Waals surface area contributed by atoms with Gasteiger partial charge in [-0.2, -0.15) is 0 Å². The second kappa shape index (κ2) is 8.13. The summed E-state index contributed by atoms with van der Waals surface area (Å²) in [5, 5.41) is 2.99. The van der Waals surface area contributed by atoms with Crippen molar-refractivity contribution in [2.45, 2.75) is 13.3 Å². The first kappa shape index (κ1) is 18.8. The molecular formula is C19H19FN4O2S. The van der Waals surface area contributed by atoms with Crippen molar-refractivity contribution in [3.63, 3.8) is 0 Å². The summed E-state index contributed by atoms with van der Waals surface area (Å²) in [7, 11) is 0. The van der Waals surface area contributed by atoms with Crippen LogP contribution in [-0.4, -0.2) is 23.5 Å². The largest absolute Gasteiger partial charge is 0.331 e. The number of benzene rings is 2. The topological polar surface area (TPSA) is 73.5 Å². The van der Waals surface area contributed by atoms with E-state index in [1.807, 2.05) is 31.2 Å². The van der Waals surface area contributed by atoms with Gasteiger partial charge < -0.3 is 10.2 Å². The highest BCUT2D eigenvalue weighted by atomic mass is 32.1. The molecule has 0 saturated carbocycles. The van der Waals surface area contributed by atoms with Crippen LogP contribution in [0, 0.1) is 18.7 Å². The lowest BCUT2D eigenvalue weighted by Gasteiger charge is -2.17. The van der Waals surface area contributed by atoms with Crippen molar-refractivity contribution in [1.82, 2.24) is 10.9 Å². The van der Waals surface area contributed by atoms with Crippen molar-refractivity contribution in [2.75, 3.05) is 16.8 Å². The SMILES string of the molecule is Cc1ccc(N2C[C@H](C(=O)NNC(=S)Nc3ccc(F)cc3)CC2=O)cc1. The molecule has 8 heteroatoms. The molecule has 140 valence electrons. The number of amides is 2. The third-order valence-corrected chi connectivity index (χ3v) is 4.45. The van der Waals surface area contributed by atoms with Crippen LogP contribution in [0.15, 0.2) is 48.5 Å². The molecule has 6 nitrogen and oxygen atoms in total. The van der Waals surface area contributed by atoms with E-state index in [1.165, 1.54) is 24.3 Å². The zero-order valence-electron chi connectivity index (χ0n) is 14.7. The van der Waals surface area contributed by atoms with Gasteiger partial charge in [-0.3, -0.25) is 20.4 Å². The van der Waals surface area contributed by atoms with Gasteiger partial charge in [0.25, 0.3) is 0 Å². The minimum absolute atomic E-state index is 0.0917. The van der Waals surface area contributed by atoms with Crippen LogP contribution in [0.1, 0.15) is 12.0 Å². The van der Waals surface area contributed by atoms with E-state index in [0.29, 0.717) is 12.2 Å². The molecule has 3 rings (SSSR count). The number of aryl methyl sites for hydroxylation is 1. The van der Waals surface area contributed by atoms with Crippen LogP contribution in [0.3, 0.4) is 0 Å². The molecule has 27 heavy (non-hydrogen) atoms. The number of rotatable bonds is 3. The van der Waals surface area contributed by atoms with Gasteiger partial charge in [0.1, 0.15) is 5.82 Å². The van der Waals surface area contributed by atoms with Crippen molar-refractivity contribution in [1.29, 1.82) is 0 Å². The van der Waals surface area contributed by atoms with Gasteiger partial charge in [0.2, 0.25) is 11.8 Å². The highest BCUT2D eigenvalue weighted by Gasteiger charge is 2.35. The van der Waals surface area contributed by atoms with Gasteiger partial charge in [0.05, 0.1) is 5.92 Å². The summed E-state index contributed by atoms with van der Waals surface area (Å²) in [4.78, 5) is 26.2. The van der Waals surface area contributed by atoms with Crippen LogP contribution < -0.4 is 21.1 Å². The number of hydrogen-bond donors (Lipinski definition) is 3. The lowest BCUT2D eigenvalue weighted by atomic mass is 10.1. The molecule has 0 bridgehead atoms. The van der Waals surface area contributed by atoms with E-state index < -0.39 is 5.92 Å². The van der Waals surface area contributed by atoms with Crippen LogP contribution in [0.4, 0.5) is 15.8 Å². The third-order valence-electron chi connectivity index (χ3n) is 4.24. The Kier molecular flexibility index (Phi) is 5.66. The molecule has 2 aromatic carbocycles. The van der Waals surface area contributed by atoms with Crippen molar-refractivity contribution in [2.24, 2.45) is 5.92 Å². The van der Waals surface area contributed by atoms with Crippen LogP contribution in [0.25, 0.3) is 0 Å². The van der Waals surface area contributed by atoms with Gasteiger partial charge in [0, 0.05) is 24.3 Å². The van der Waals surface area contributed by atoms with Crippen LogP contribution in [0.2, 0.25) is 0 Å². The minimum Gasteiger partial charge on any atom is -0.331 e. The van der Waals surface area contributed by atoms with Crippen LogP contribution >= 0.6 is 12.2 Å². The number of halogens is 1. The number of hydrogen-bond acceptors (Lipinski definition) is 3. The van der Waals surface area contributed by atoms with Crippen LogP contribution in [-0.2, 0) is 9.59 Å². The summed E-state index contributed by atoms with van der Waals surface area (Å²) >= 11 is 5.09. The van der Waals surface area contributed by atoms with Gasteiger partial charge in [0.15, 0.2) is 5.11 Å². The number of carbonyl (C=O) groups excluding carboxylic acids is 2. The first-order valence-electron chi connectivity index (χ1n) is 8.42. The highest BCUT2D eigenvalue weighted by molar-refractivity contribution is 7.80. The second-order valence-electron chi connectivity index (χ2n) is 6.32. The highest BCUT2D eigenvalue weighted by Crippen LogP contribution is 2.25. The monoisotopic (exact) mass is 386 g/mol. The van der Waals surface area contributed by atoms with E-state index in [9.17, 15) is 14.0 Å². The molecule has 1 fully saturated rings. The zero-order chi connectivity index (χ0) is 19.4. The molecule has 1 atom stereocenters. The zero-order valence-corrected chi connectivity index (χ0v) is 15.5. The average molecular weight is 386 g/mol. The fourth-order valence-electron chi connectivity index (χ4n) is 2.77. The fourth-order valence-corrected chi connectivity index (χ4v) is 2.94. The Morgan fingerprint density at radius 3 is 2.44 bits per heavy atom. The maximum absolute atomic E-state index is 12.9. The fraction of sp³-hybridized carbons (Fsp3) is 0.211. The lowest BCUT2D eigenvalue weighted by molar-refractivity contribution is -0.126. The maximum Gasteiger partial charge on any atom is 0.243 e. The summed E-state index contributed by atoms with van der Waals surface area (Å²) < 4.78 is 12.9. The molecular weight excluding hydrogens is 367 g/mol. The molecule has 0 unspecified atom stereocenters. The van der Waals surface area contributed by atoms with Gasteiger partial charge in [-0.1, -0.05) is 17.7 Å². The van der Waals surface area contributed by atoms with E-state index in [2.05, 4.69) is 16.2 Å².